The largest absolute Gasteiger partial charge is 0.490 e. The molecule has 0 aliphatic carbocycles. The third-order valence-corrected chi connectivity index (χ3v) is 5.37. The summed E-state index contributed by atoms with van der Waals surface area (Å²) in [5.74, 6) is 0.959. The fourth-order valence-electron chi connectivity index (χ4n) is 3.77. The number of halogens is 1. The molecule has 1 aromatic carbocycles. The Morgan fingerprint density at radius 1 is 1.12 bits per heavy atom. The van der Waals surface area contributed by atoms with Gasteiger partial charge in [-0.15, -0.1) is 0 Å². The molecule has 0 amide bonds. The standard InChI is InChI=1S/C24H26FN5O2/c1-31-29-24(22-7-4-19(25)15-28-22)18-2-5-20(6-3-18)32-21-9-12-30(13-10-21)16-17-8-11-27-23(26)14-17/h2-8,11,14-15,21H,9-10,12-13,16H2,1H3,(H2,26,27)/b29-24-. The highest BCUT2D eigenvalue weighted by Crippen LogP contribution is 2.22. The maximum absolute atomic E-state index is 13.2. The number of oxime groups is 1. The molecule has 2 aromatic heterocycles. The van der Waals surface area contributed by atoms with Gasteiger partial charge < -0.3 is 15.3 Å². The summed E-state index contributed by atoms with van der Waals surface area (Å²) in [7, 11) is 1.47. The van der Waals surface area contributed by atoms with Crippen molar-refractivity contribution in [2.75, 3.05) is 25.9 Å². The van der Waals surface area contributed by atoms with Crippen molar-refractivity contribution < 1.29 is 14.0 Å². The zero-order valence-electron chi connectivity index (χ0n) is 17.9. The van der Waals surface area contributed by atoms with E-state index in [0.29, 0.717) is 17.2 Å². The molecule has 0 saturated carbocycles. The Morgan fingerprint density at radius 2 is 1.91 bits per heavy atom. The van der Waals surface area contributed by atoms with Crippen LogP contribution in [-0.4, -0.2) is 46.9 Å². The zero-order valence-corrected chi connectivity index (χ0v) is 17.9. The molecule has 3 aromatic rings. The number of likely N-dealkylation sites (tertiary alicyclic amines) is 1. The fourth-order valence-corrected chi connectivity index (χ4v) is 3.77. The molecule has 0 radical (unpaired) electrons. The maximum atomic E-state index is 13.2. The SMILES string of the molecule is CO/N=C(/c1ccc(OC2CCN(Cc3ccnc(N)c3)CC2)cc1)c1ccc(F)cn1. The van der Waals surface area contributed by atoms with Gasteiger partial charge in [0.2, 0.25) is 0 Å². The van der Waals surface area contributed by atoms with Crippen molar-refractivity contribution in [3.05, 3.63) is 83.6 Å². The van der Waals surface area contributed by atoms with E-state index in [1.807, 2.05) is 36.4 Å². The average molecular weight is 436 g/mol. The lowest BCUT2D eigenvalue weighted by Crippen LogP contribution is -2.37. The number of anilines is 1. The van der Waals surface area contributed by atoms with Crippen molar-refractivity contribution in [3.63, 3.8) is 0 Å². The Labute approximate surface area is 186 Å². The number of benzene rings is 1. The van der Waals surface area contributed by atoms with E-state index < -0.39 is 5.82 Å². The number of nitrogens with zero attached hydrogens (tertiary/aromatic N) is 4. The van der Waals surface area contributed by atoms with Gasteiger partial charge in [0.25, 0.3) is 0 Å². The zero-order chi connectivity index (χ0) is 22.3. The van der Waals surface area contributed by atoms with Gasteiger partial charge in [-0.2, -0.15) is 0 Å². The fraction of sp³-hybridized carbons (Fsp3) is 0.292. The van der Waals surface area contributed by atoms with Gasteiger partial charge in [0, 0.05) is 31.4 Å². The molecule has 0 bridgehead atoms. The van der Waals surface area contributed by atoms with Crippen LogP contribution in [0.25, 0.3) is 0 Å². The molecule has 1 saturated heterocycles. The highest BCUT2D eigenvalue weighted by molar-refractivity contribution is 6.11. The first kappa shape index (κ1) is 21.7. The Kier molecular flexibility index (Phi) is 6.91. The van der Waals surface area contributed by atoms with Crippen LogP contribution in [0, 0.1) is 5.82 Å². The first-order chi connectivity index (χ1) is 15.6. The summed E-state index contributed by atoms with van der Waals surface area (Å²) < 4.78 is 19.4. The molecule has 2 N–H and O–H groups in total. The molecule has 1 aliphatic rings. The minimum atomic E-state index is -0.398. The second-order valence-electron chi connectivity index (χ2n) is 7.69. The summed E-state index contributed by atoms with van der Waals surface area (Å²) in [6.45, 7) is 2.80. The molecular formula is C24H26FN5O2. The first-order valence-corrected chi connectivity index (χ1v) is 10.5. The van der Waals surface area contributed by atoms with Crippen LogP contribution in [0.15, 0.2) is 66.1 Å². The molecule has 3 heterocycles. The van der Waals surface area contributed by atoms with Crippen LogP contribution < -0.4 is 10.5 Å². The van der Waals surface area contributed by atoms with E-state index in [-0.39, 0.29) is 6.10 Å². The van der Waals surface area contributed by atoms with Gasteiger partial charge in [-0.05, 0) is 66.9 Å². The monoisotopic (exact) mass is 435 g/mol. The number of pyridine rings is 2. The van der Waals surface area contributed by atoms with Crippen LogP contribution in [0.1, 0.15) is 29.7 Å². The number of rotatable bonds is 7. The van der Waals surface area contributed by atoms with Crippen LogP contribution in [0.5, 0.6) is 5.75 Å². The number of hydrogen-bond donors (Lipinski definition) is 1. The minimum Gasteiger partial charge on any atom is -0.490 e. The first-order valence-electron chi connectivity index (χ1n) is 10.5. The van der Waals surface area contributed by atoms with Gasteiger partial charge >= 0.3 is 0 Å². The van der Waals surface area contributed by atoms with E-state index in [0.717, 1.165) is 50.0 Å². The molecule has 7 nitrogen and oxygen atoms in total. The second kappa shape index (κ2) is 10.2. The van der Waals surface area contributed by atoms with Crippen molar-refractivity contribution in [1.82, 2.24) is 14.9 Å². The molecule has 1 fully saturated rings. The summed E-state index contributed by atoms with van der Waals surface area (Å²) >= 11 is 0. The third kappa shape index (κ3) is 5.59. The summed E-state index contributed by atoms with van der Waals surface area (Å²) in [6.07, 6.45) is 4.99. The molecule has 32 heavy (non-hydrogen) atoms. The molecule has 166 valence electrons. The summed E-state index contributed by atoms with van der Waals surface area (Å²) in [5, 5.41) is 4.06. The maximum Gasteiger partial charge on any atom is 0.141 e. The minimum absolute atomic E-state index is 0.172. The van der Waals surface area contributed by atoms with E-state index in [1.165, 1.54) is 18.7 Å². The predicted molar refractivity (Wildman–Crippen MR) is 121 cm³/mol. The van der Waals surface area contributed by atoms with Crippen molar-refractivity contribution in [2.24, 2.45) is 5.16 Å². The summed E-state index contributed by atoms with van der Waals surface area (Å²) in [4.78, 5) is 15.5. The van der Waals surface area contributed by atoms with E-state index in [1.54, 1.807) is 12.3 Å². The highest BCUT2D eigenvalue weighted by atomic mass is 19.1. The van der Waals surface area contributed by atoms with E-state index in [4.69, 9.17) is 15.3 Å². The molecular weight excluding hydrogens is 409 g/mol. The predicted octanol–water partition coefficient (Wildman–Crippen LogP) is 3.64. The quantitative estimate of drug-likeness (QED) is 0.451. The highest BCUT2D eigenvalue weighted by Gasteiger charge is 2.21. The normalized spacial score (nSPS) is 15.5. The van der Waals surface area contributed by atoms with Gasteiger partial charge in [-0.3, -0.25) is 9.88 Å². The molecule has 4 rings (SSSR count). The number of piperidine rings is 1. The Morgan fingerprint density at radius 3 is 2.56 bits per heavy atom. The van der Waals surface area contributed by atoms with Gasteiger partial charge in [0.15, 0.2) is 0 Å². The van der Waals surface area contributed by atoms with E-state index >= 15 is 0 Å². The summed E-state index contributed by atoms with van der Waals surface area (Å²) in [6, 6.07) is 14.5. The topological polar surface area (TPSA) is 85.9 Å². The van der Waals surface area contributed by atoms with Crippen LogP contribution in [0.4, 0.5) is 10.2 Å². The van der Waals surface area contributed by atoms with Crippen LogP contribution in [-0.2, 0) is 11.4 Å². The number of aromatic nitrogens is 2. The van der Waals surface area contributed by atoms with Crippen molar-refractivity contribution in [2.45, 2.75) is 25.5 Å². The smallest absolute Gasteiger partial charge is 0.141 e. The molecule has 8 heteroatoms. The number of nitrogens with two attached hydrogens (primary N) is 1. The Balaban J connectivity index is 1.34. The summed E-state index contributed by atoms with van der Waals surface area (Å²) in [5.41, 5.74) is 8.83. The van der Waals surface area contributed by atoms with Gasteiger partial charge in [0.1, 0.15) is 36.3 Å². The van der Waals surface area contributed by atoms with Gasteiger partial charge in [0.05, 0.1) is 11.9 Å². The molecule has 0 spiro atoms. The lowest BCUT2D eigenvalue weighted by Gasteiger charge is -2.32. The molecule has 1 aliphatic heterocycles. The average Bonchev–Trinajstić information content (AvgIpc) is 2.80. The van der Waals surface area contributed by atoms with E-state index in [2.05, 4.69) is 20.0 Å². The molecule has 0 atom stereocenters. The van der Waals surface area contributed by atoms with Gasteiger partial charge in [-0.25, -0.2) is 9.37 Å². The Hall–Kier alpha value is -3.52. The van der Waals surface area contributed by atoms with Crippen LogP contribution in [0.2, 0.25) is 0 Å². The lowest BCUT2D eigenvalue weighted by molar-refractivity contribution is 0.0968. The van der Waals surface area contributed by atoms with Crippen LogP contribution in [0.3, 0.4) is 0 Å². The van der Waals surface area contributed by atoms with Gasteiger partial charge in [-0.1, -0.05) is 5.16 Å². The Bertz CT molecular complexity index is 1050. The number of nitrogen functional groups attached to an aromatic ring is 1. The van der Waals surface area contributed by atoms with Crippen molar-refractivity contribution in [1.29, 1.82) is 0 Å². The van der Waals surface area contributed by atoms with E-state index in [9.17, 15) is 4.39 Å². The lowest BCUT2D eigenvalue weighted by atomic mass is 10.1. The number of hydrogen-bond acceptors (Lipinski definition) is 7. The van der Waals surface area contributed by atoms with Crippen molar-refractivity contribution >= 4 is 11.5 Å². The van der Waals surface area contributed by atoms with Crippen LogP contribution >= 0.6 is 0 Å². The van der Waals surface area contributed by atoms with Crippen molar-refractivity contribution in [3.8, 4) is 5.75 Å². The second-order valence-corrected chi connectivity index (χ2v) is 7.69. The molecule has 0 unspecified atom stereocenters. The third-order valence-electron chi connectivity index (χ3n) is 5.37. The number of ether oxygens (including phenoxy) is 1.